The summed E-state index contributed by atoms with van der Waals surface area (Å²) in [4.78, 5) is 0. The Bertz CT molecular complexity index is 154. The molecule has 0 unspecified atom stereocenters. The lowest BCUT2D eigenvalue weighted by molar-refractivity contribution is 1.60. The lowest BCUT2D eigenvalue weighted by atomic mass is 10.2. The van der Waals surface area contributed by atoms with Gasteiger partial charge in [0.15, 0.2) is 0 Å². The van der Waals surface area contributed by atoms with Crippen LogP contribution in [0.4, 0.5) is 0 Å². The number of hydrogen-bond acceptors (Lipinski definition) is 0. The van der Waals surface area contributed by atoms with Crippen molar-refractivity contribution in [1.82, 2.24) is 0 Å². The largest absolute Gasteiger partial charge is 0.0990 e. The van der Waals surface area contributed by atoms with Gasteiger partial charge in [-0.15, -0.1) is 0 Å². The molecule has 0 atom stereocenters. The summed E-state index contributed by atoms with van der Waals surface area (Å²) in [6.45, 7) is 7.62. The monoisotopic (exact) mass is 134 g/mol. The summed E-state index contributed by atoms with van der Waals surface area (Å²) < 4.78 is 0. The van der Waals surface area contributed by atoms with Gasteiger partial charge in [-0.3, -0.25) is 0 Å². The van der Waals surface area contributed by atoms with E-state index in [4.69, 9.17) is 0 Å². The van der Waals surface area contributed by atoms with E-state index >= 15 is 0 Å². The van der Waals surface area contributed by atoms with Crippen LogP contribution >= 0.6 is 0 Å². The zero-order chi connectivity index (χ0) is 7.82. The Morgan fingerprint density at radius 1 is 1.10 bits per heavy atom. The van der Waals surface area contributed by atoms with Crippen LogP contribution in [-0.2, 0) is 0 Å². The van der Waals surface area contributed by atoms with Crippen molar-refractivity contribution in [3.8, 4) is 0 Å². The zero-order valence-corrected chi connectivity index (χ0v) is 6.67. The van der Waals surface area contributed by atoms with Crippen LogP contribution < -0.4 is 0 Å². The summed E-state index contributed by atoms with van der Waals surface area (Å²) in [7, 11) is 0. The van der Waals surface area contributed by atoms with E-state index in [9.17, 15) is 0 Å². The summed E-state index contributed by atoms with van der Waals surface area (Å²) in [6, 6.07) is 0. The van der Waals surface area contributed by atoms with Crippen molar-refractivity contribution in [3.63, 3.8) is 0 Å². The second-order valence-corrected chi connectivity index (χ2v) is 1.90. The third-order valence-electron chi connectivity index (χ3n) is 1.03. The van der Waals surface area contributed by atoms with Crippen LogP contribution in [0.1, 0.15) is 13.8 Å². The van der Waals surface area contributed by atoms with E-state index in [1.54, 1.807) is 6.08 Å². The molecule has 54 valence electrons. The van der Waals surface area contributed by atoms with Crippen molar-refractivity contribution in [2.45, 2.75) is 13.8 Å². The molecule has 0 aromatic rings. The molecule has 0 bridgehead atoms. The fourth-order valence-electron chi connectivity index (χ4n) is 0.688. The molecule has 0 aliphatic heterocycles. The molecule has 0 aliphatic rings. The molecule has 0 aliphatic carbocycles. The number of hydrogen-bond donors (Lipinski definition) is 0. The maximum atomic E-state index is 3.62. The molecule has 0 amide bonds. The van der Waals surface area contributed by atoms with Crippen LogP contribution in [0.5, 0.6) is 0 Å². The molecule has 0 nitrogen and oxygen atoms in total. The molecule has 0 N–H and O–H groups in total. The van der Waals surface area contributed by atoms with E-state index in [1.165, 1.54) is 5.57 Å². The minimum atomic E-state index is 1.18. The summed E-state index contributed by atoms with van der Waals surface area (Å²) in [6.07, 6.45) is 11.9. The Morgan fingerprint density at radius 3 is 1.90 bits per heavy atom. The number of allylic oxidation sites excluding steroid dienone is 7. The lowest BCUT2D eigenvalue weighted by Crippen LogP contribution is -1.67. The van der Waals surface area contributed by atoms with Crippen LogP contribution in [0.15, 0.2) is 48.6 Å². The highest BCUT2D eigenvalue weighted by atomic mass is 13.8. The zero-order valence-electron chi connectivity index (χ0n) is 6.67. The van der Waals surface area contributed by atoms with Crippen molar-refractivity contribution in [2.24, 2.45) is 0 Å². The fourth-order valence-corrected chi connectivity index (χ4v) is 0.688. The minimum Gasteiger partial charge on any atom is -0.0990 e. The first kappa shape index (κ1) is 8.96. The molecule has 0 spiro atoms. The first-order valence-electron chi connectivity index (χ1n) is 3.43. The van der Waals surface area contributed by atoms with E-state index in [-0.39, 0.29) is 0 Å². The minimum absolute atomic E-state index is 1.18. The van der Waals surface area contributed by atoms with Gasteiger partial charge >= 0.3 is 0 Å². The fraction of sp³-hybridized carbons (Fsp3) is 0.200. The first-order valence-corrected chi connectivity index (χ1v) is 3.43. The van der Waals surface area contributed by atoms with Gasteiger partial charge in [0.05, 0.1) is 0 Å². The molecule has 0 aromatic carbocycles. The first-order chi connectivity index (χ1) is 4.85. The van der Waals surface area contributed by atoms with E-state index in [0.29, 0.717) is 0 Å². The molecular formula is C10H14. The van der Waals surface area contributed by atoms with Gasteiger partial charge in [-0.25, -0.2) is 0 Å². The molecule has 0 heterocycles. The molecule has 0 fully saturated rings. The highest BCUT2D eigenvalue weighted by molar-refractivity contribution is 5.32. The van der Waals surface area contributed by atoms with Crippen molar-refractivity contribution in [2.75, 3.05) is 0 Å². The van der Waals surface area contributed by atoms with E-state index in [0.717, 1.165) is 0 Å². The SMILES string of the molecule is C=CC=C(C=CC)/C=C\C. The van der Waals surface area contributed by atoms with Gasteiger partial charge in [-0.2, -0.15) is 0 Å². The van der Waals surface area contributed by atoms with Crippen molar-refractivity contribution in [1.29, 1.82) is 0 Å². The molecule has 0 aromatic heterocycles. The van der Waals surface area contributed by atoms with Crippen LogP contribution in [0.3, 0.4) is 0 Å². The van der Waals surface area contributed by atoms with Gasteiger partial charge in [0, 0.05) is 0 Å². The maximum Gasteiger partial charge on any atom is -0.0263 e. The lowest BCUT2D eigenvalue weighted by Gasteiger charge is -1.87. The number of rotatable bonds is 3. The molecule has 0 rings (SSSR count). The summed E-state index contributed by atoms with van der Waals surface area (Å²) >= 11 is 0. The van der Waals surface area contributed by atoms with Crippen molar-refractivity contribution < 1.29 is 0 Å². The van der Waals surface area contributed by atoms with Gasteiger partial charge in [-0.05, 0) is 19.4 Å². The standard InChI is InChI=1S/C10H14/c1-4-7-10(8-5-2)9-6-3/h4-9H,1H2,2-3H3/b8-5-,9-6?,10-7?. The maximum absolute atomic E-state index is 3.62. The highest BCUT2D eigenvalue weighted by Crippen LogP contribution is 1.98. The topological polar surface area (TPSA) is 0 Å². The molecule has 0 saturated carbocycles. The summed E-state index contributed by atoms with van der Waals surface area (Å²) in [5, 5.41) is 0. The van der Waals surface area contributed by atoms with Gasteiger partial charge in [-0.1, -0.05) is 43.0 Å². The smallest absolute Gasteiger partial charge is 0.0263 e. The second kappa shape index (κ2) is 6.09. The van der Waals surface area contributed by atoms with E-state index in [1.807, 2.05) is 44.2 Å². The van der Waals surface area contributed by atoms with Crippen LogP contribution in [-0.4, -0.2) is 0 Å². The molecule has 10 heavy (non-hydrogen) atoms. The Labute approximate surface area is 63.3 Å². The summed E-state index contributed by atoms with van der Waals surface area (Å²) in [5.74, 6) is 0. The molecule has 0 heteroatoms. The molecule has 0 saturated heterocycles. The van der Waals surface area contributed by atoms with Gasteiger partial charge in [0.25, 0.3) is 0 Å². The van der Waals surface area contributed by atoms with Gasteiger partial charge < -0.3 is 0 Å². The third kappa shape index (κ3) is 3.90. The molecular weight excluding hydrogens is 120 g/mol. The van der Waals surface area contributed by atoms with Crippen LogP contribution in [0.25, 0.3) is 0 Å². The summed E-state index contributed by atoms with van der Waals surface area (Å²) in [5.41, 5.74) is 1.18. The van der Waals surface area contributed by atoms with Crippen LogP contribution in [0, 0.1) is 0 Å². The normalized spacial score (nSPS) is 13.2. The highest BCUT2D eigenvalue weighted by Gasteiger charge is 1.78. The molecule has 0 radical (unpaired) electrons. The average Bonchev–Trinajstić information content (AvgIpc) is 1.90. The van der Waals surface area contributed by atoms with Crippen molar-refractivity contribution >= 4 is 0 Å². The predicted octanol–water partition coefficient (Wildman–Crippen LogP) is 3.25. The Hall–Kier alpha value is -1.04. The Kier molecular flexibility index (Phi) is 5.45. The van der Waals surface area contributed by atoms with Gasteiger partial charge in [0.2, 0.25) is 0 Å². The third-order valence-corrected chi connectivity index (χ3v) is 1.03. The second-order valence-electron chi connectivity index (χ2n) is 1.90. The predicted molar refractivity (Wildman–Crippen MR) is 47.9 cm³/mol. The van der Waals surface area contributed by atoms with Crippen molar-refractivity contribution in [3.05, 3.63) is 48.6 Å². The average molecular weight is 134 g/mol. The Balaban J connectivity index is 4.25. The van der Waals surface area contributed by atoms with E-state index < -0.39 is 0 Å². The van der Waals surface area contributed by atoms with Gasteiger partial charge in [0.1, 0.15) is 0 Å². The van der Waals surface area contributed by atoms with Crippen LogP contribution in [0.2, 0.25) is 0 Å². The Morgan fingerprint density at radius 2 is 1.60 bits per heavy atom. The van der Waals surface area contributed by atoms with E-state index in [2.05, 4.69) is 6.58 Å². The quantitative estimate of drug-likeness (QED) is 0.520.